The number of hydrogen-bond acceptors (Lipinski definition) is 4. The fourth-order valence-electron chi connectivity index (χ4n) is 3.77. The largest absolute Gasteiger partial charge is 0.352 e. The van der Waals surface area contributed by atoms with Crippen molar-refractivity contribution in [2.45, 2.75) is 63.6 Å². The van der Waals surface area contributed by atoms with Crippen LogP contribution >= 0.6 is 0 Å². The molecule has 0 radical (unpaired) electrons. The minimum absolute atomic E-state index is 0.119. The van der Waals surface area contributed by atoms with Crippen molar-refractivity contribution in [2.24, 2.45) is 5.92 Å². The van der Waals surface area contributed by atoms with E-state index >= 15 is 0 Å². The summed E-state index contributed by atoms with van der Waals surface area (Å²) in [5, 5.41) is 5.41. The Morgan fingerprint density at radius 3 is 2.43 bits per heavy atom. The molecule has 0 spiro atoms. The Morgan fingerprint density at radius 1 is 1.17 bits per heavy atom. The Labute approximate surface area is 136 Å². The zero-order valence-corrected chi connectivity index (χ0v) is 13.5. The molecule has 1 saturated heterocycles. The Hall–Kier alpha value is -1.92. The Balaban J connectivity index is 2.09. The Morgan fingerprint density at radius 2 is 1.87 bits per heavy atom. The van der Waals surface area contributed by atoms with Gasteiger partial charge < -0.3 is 20.3 Å². The summed E-state index contributed by atoms with van der Waals surface area (Å²) >= 11 is 0. The molecular formula is C16H25N3O4. The molecule has 0 aromatic heterocycles. The summed E-state index contributed by atoms with van der Waals surface area (Å²) in [7, 11) is 0. The highest BCUT2D eigenvalue weighted by atomic mass is 16.2. The van der Waals surface area contributed by atoms with Gasteiger partial charge >= 0.3 is 0 Å². The van der Waals surface area contributed by atoms with Gasteiger partial charge in [0.05, 0.1) is 6.04 Å². The van der Waals surface area contributed by atoms with Crippen LogP contribution in [-0.2, 0) is 19.2 Å². The third kappa shape index (κ3) is 4.30. The number of hydrogen-bond donors (Lipinski definition) is 2. The second kappa shape index (κ2) is 8.08. The Bertz CT molecular complexity index is 462. The molecule has 2 rings (SSSR count). The predicted molar refractivity (Wildman–Crippen MR) is 83.3 cm³/mol. The lowest BCUT2D eigenvalue weighted by molar-refractivity contribution is -0.139. The van der Waals surface area contributed by atoms with E-state index in [1.165, 1.54) is 11.8 Å². The van der Waals surface area contributed by atoms with Gasteiger partial charge in [-0.2, -0.15) is 0 Å². The van der Waals surface area contributed by atoms with Crippen LogP contribution in [0.1, 0.15) is 45.4 Å². The van der Waals surface area contributed by atoms with Crippen molar-refractivity contribution >= 4 is 24.5 Å². The van der Waals surface area contributed by atoms with Crippen LogP contribution in [-0.4, -0.2) is 54.1 Å². The molecule has 1 saturated carbocycles. The van der Waals surface area contributed by atoms with Gasteiger partial charge in [0.15, 0.2) is 0 Å². The third-order valence-electron chi connectivity index (χ3n) is 4.83. The quantitative estimate of drug-likeness (QED) is 0.672. The van der Waals surface area contributed by atoms with E-state index in [1.807, 2.05) is 0 Å². The molecule has 1 aliphatic heterocycles. The normalized spacial score (nSPS) is 26.4. The molecule has 128 valence electrons. The van der Waals surface area contributed by atoms with Gasteiger partial charge in [0.2, 0.25) is 18.2 Å². The molecule has 0 aromatic rings. The van der Waals surface area contributed by atoms with Crippen LogP contribution in [0.3, 0.4) is 0 Å². The zero-order valence-electron chi connectivity index (χ0n) is 13.5. The average molecular weight is 323 g/mol. The smallest absolute Gasteiger partial charge is 0.246 e. The van der Waals surface area contributed by atoms with Crippen LogP contribution in [0.4, 0.5) is 0 Å². The summed E-state index contributed by atoms with van der Waals surface area (Å²) in [4.78, 5) is 47.8. The number of carbonyl (C=O) groups excluding carboxylic acids is 4. The summed E-state index contributed by atoms with van der Waals surface area (Å²) in [5.74, 6) is -0.272. The number of likely N-dealkylation sites (tertiary alicyclic amines) is 1. The molecule has 3 atom stereocenters. The first kappa shape index (κ1) is 17.4. The first-order chi connectivity index (χ1) is 11.1. The van der Waals surface area contributed by atoms with E-state index in [0.29, 0.717) is 19.4 Å². The van der Waals surface area contributed by atoms with E-state index < -0.39 is 12.1 Å². The minimum atomic E-state index is -0.577. The topological polar surface area (TPSA) is 95.6 Å². The maximum absolute atomic E-state index is 12.9. The average Bonchev–Trinajstić information content (AvgIpc) is 2.95. The molecular weight excluding hydrogens is 298 g/mol. The lowest BCUT2D eigenvalue weighted by Gasteiger charge is -2.33. The molecule has 1 aliphatic carbocycles. The molecule has 3 unspecified atom stereocenters. The van der Waals surface area contributed by atoms with Crippen molar-refractivity contribution in [1.82, 2.24) is 15.5 Å². The van der Waals surface area contributed by atoms with Gasteiger partial charge in [0.1, 0.15) is 12.3 Å². The van der Waals surface area contributed by atoms with E-state index in [4.69, 9.17) is 0 Å². The highest BCUT2D eigenvalue weighted by Crippen LogP contribution is 2.28. The summed E-state index contributed by atoms with van der Waals surface area (Å²) in [6.07, 6.45) is 6.82. The van der Waals surface area contributed by atoms with Crippen molar-refractivity contribution in [2.75, 3.05) is 6.54 Å². The monoisotopic (exact) mass is 323 g/mol. The standard InChI is InChI=1S/C16H25N3O4/c1-11(22)18-13-7-14(9-20)19(8-13)16(23)15(17-10-21)12-5-3-2-4-6-12/h9-10,12-15H,2-8H2,1H3,(H,17,21)(H,18,22). The van der Waals surface area contributed by atoms with Gasteiger partial charge in [-0.15, -0.1) is 0 Å². The highest BCUT2D eigenvalue weighted by Gasteiger charge is 2.40. The number of rotatable bonds is 6. The maximum atomic E-state index is 12.9. The van der Waals surface area contributed by atoms with Crippen LogP contribution in [0.25, 0.3) is 0 Å². The molecule has 3 amide bonds. The highest BCUT2D eigenvalue weighted by molar-refractivity contribution is 5.87. The SMILES string of the molecule is CC(=O)NC1CC(C=O)N(C(=O)C(NC=O)C2CCCCC2)C1. The molecule has 7 nitrogen and oxygen atoms in total. The van der Waals surface area contributed by atoms with E-state index in [1.54, 1.807) is 0 Å². The van der Waals surface area contributed by atoms with Gasteiger partial charge in [0, 0.05) is 19.5 Å². The van der Waals surface area contributed by atoms with Gasteiger partial charge in [0.25, 0.3) is 0 Å². The van der Waals surface area contributed by atoms with Crippen molar-refractivity contribution in [1.29, 1.82) is 0 Å². The fourth-order valence-corrected chi connectivity index (χ4v) is 3.77. The van der Waals surface area contributed by atoms with Crippen molar-refractivity contribution in [3.63, 3.8) is 0 Å². The summed E-state index contributed by atoms with van der Waals surface area (Å²) in [6.45, 7) is 1.73. The fraction of sp³-hybridized carbons (Fsp3) is 0.750. The predicted octanol–water partition coefficient (Wildman–Crippen LogP) is -0.0142. The van der Waals surface area contributed by atoms with Crippen LogP contribution in [0, 0.1) is 5.92 Å². The number of carbonyl (C=O) groups is 4. The number of aldehydes is 1. The van der Waals surface area contributed by atoms with Crippen LogP contribution in [0.5, 0.6) is 0 Å². The van der Waals surface area contributed by atoms with E-state index in [-0.39, 0.29) is 23.8 Å². The molecule has 2 fully saturated rings. The van der Waals surface area contributed by atoms with E-state index in [0.717, 1.165) is 38.4 Å². The summed E-state index contributed by atoms with van der Waals surface area (Å²) in [6, 6.07) is -1.33. The van der Waals surface area contributed by atoms with Crippen molar-refractivity contribution in [3.05, 3.63) is 0 Å². The molecule has 1 heterocycles. The first-order valence-electron chi connectivity index (χ1n) is 8.29. The van der Waals surface area contributed by atoms with Gasteiger partial charge in [-0.3, -0.25) is 14.4 Å². The van der Waals surface area contributed by atoms with Crippen molar-refractivity contribution < 1.29 is 19.2 Å². The van der Waals surface area contributed by atoms with Gasteiger partial charge in [-0.05, 0) is 25.2 Å². The van der Waals surface area contributed by atoms with Crippen molar-refractivity contribution in [3.8, 4) is 0 Å². The molecule has 0 bridgehead atoms. The molecule has 2 aliphatic rings. The van der Waals surface area contributed by atoms with E-state index in [9.17, 15) is 19.2 Å². The number of amides is 3. The Kier molecular flexibility index (Phi) is 6.12. The maximum Gasteiger partial charge on any atom is 0.246 e. The number of nitrogens with zero attached hydrogens (tertiary/aromatic N) is 1. The van der Waals surface area contributed by atoms with Crippen LogP contribution in [0.15, 0.2) is 0 Å². The number of nitrogens with one attached hydrogen (secondary N) is 2. The van der Waals surface area contributed by atoms with Gasteiger partial charge in [-0.1, -0.05) is 19.3 Å². The lowest BCUT2D eigenvalue weighted by Crippen LogP contribution is -2.52. The second-order valence-electron chi connectivity index (χ2n) is 6.49. The lowest BCUT2D eigenvalue weighted by atomic mass is 9.83. The molecule has 2 N–H and O–H groups in total. The minimum Gasteiger partial charge on any atom is -0.352 e. The zero-order chi connectivity index (χ0) is 16.8. The van der Waals surface area contributed by atoms with Crippen LogP contribution < -0.4 is 10.6 Å². The summed E-state index contributed by atoms with van der Waals surface area (Å²) in [5.41, 5.74) is 0. The molecule has 23 heavy (non-hydrogen) atoms. The van der Waals surface area contributed by atoms with E-state index in [2.05, 4.69) is 10.6 Å². The summed E-state index contributed by atoms with van der Waals surface area (Å²) < 4.78 is 0. The molecule has 7 heteroatoms. The van der Waals surface area contributed by atoms with Gasteiger partial charge in [-0.25, -0.2) is 0 Å². The molecule has 0 aromatic carbocycles. The first-order valence-corrected chi connectivity index (χ1v) is 8.29. The second-order valence-corrected chi connectivity index (χ2v) is 6.49. The van der Waals surface area contributed by atoms with Crippen LogP contribution in [0.2, 0.25) is 0 Å². The third-order valence-corrected chi connectivity index (χ3v) is 4.83.